The van der Waals surface area contributed by atoms with Gasteiger partial charge in [0.05, 0.1) is 27.9 Å². The fraction of sp³-hybridized carbons (Fsp3) is 0.381. The lowest BCUT2D eigenvalue weighted by Gasteiger charge is -2.26. The molecule has 0 unspecified atom stereocenters. The Hall–Kier alpha value is -2.89. The SMILES string of the molecule is COc1cccc(C(C)(C)CNC(N)=NCc2ccc(OC)c(OC)c2)c1. The van der Waals surface area contributed by atoms with Crippen molar-refractivity contribution in [1.82, 2.24) is 5.32 Å². The first-order chi connectivity index (χ1) is 12.9. The van der Waals surface area contributed by atoms with Gasteiger partial charge in [0.1, 0.15) is 5.75 Å². The number of guanidine groups is 1. The second-order valence-electron chi connectivity index (χ2n) is 6.86. The minimum absolute atomic E-state index is 0.127. The van der Waals surface area contributed by atoms with E-state index in [-0.39, 0.29) is 5.41 Å². The maximum Gasteiger partial charge on any atom is 0.188 e. The zero-order chi connectivity index (χ0) is 19.9. The molecule has 0 aliphatic carbocycles. The highest BCUT2D eigenvalue weighted by atomic mass is 16.5. The van der Waals surface area contributed by atoms with Gasteiger partial charge in [0.25, 0.3) is 0 Å². The van der Waals surface area contributed by atoms with Gasteiger partial charge in [0, 0.05) is 12.0 Å². The number of rotatable bonds is 8. The van der Waals surface area contributed by atoms with Crippen LogP contribution in [-0.2, 0) is 12.0 Å². The van der Waals surface area contributed by atoms with Gasteiger partial charge in [-0.15, -0.1) is 0 Å². The molecule has 6 heteroatoms. The van der Waals surface area contributed by atoms with E-state index in [9.17, 15) is 0 Å². The normalized spacial score (nSPS) is 11.8. The minimum Gasteiger partial charge on any atom is -0.497 e. The highest BCUT2D eigenvalue weighted by Crippen LogP contribution is 2.28. The van der Waals surface area contributed by atoms with Crippen LogP contribution in [0, 0.1) is 0 Å². The molecule has 0 saturated heterocycles. The maximum atomic E-state index is 6.05. The van der Waals surface area contributed by atoms with Gasteiger partial charge in [-0.2, -0.15) is 0 Å². The Labute approximate surface area is 161 Å². The Morgan fingerprint density at radius 1 is 1.00 bits per heavy atom. The lowest BCUT2D eigenvalue weighted by Crippen LogP contribution is -2.40. The van der Waals surface area contributed by atoms with E-state index in [0.717, 1.165) is 11.3 Å². The predicted molar refractivity (Wildman–Crippen MR) is 109 cm³/mol. The number of ether oxygens (including phenoxy) is 3. The molecule has 0 aliphatic rings. The predicted octanol–water partition coefficient (Wildman–Crippen LogP) is 3.09. The molecule has 2 rings (SSSR count). The van der Waals surface area contributed by atoms with Crippen molar-refractivity contribution in [3.63, 3.8) is 0 Å². The molecule has 0 radical (unpaired) electrons. The summed E-state index contributed by atoms with van der Waals surface area (Å²) in [5, 5.41) is 3.21. The van der Waals surface area contributed by atoms with E-state index in [2.05, 4.69) is 30.2 Å². The third-order valence-electron chi connectivity index (χ3n) is 4.44. The third-order valence-corrected chi connectivity index (χ3v) is 4.44. The van der Waals surface area contributed by atoms with Gasteiger partial charge in [-0.1, -0.05) is 32.0 Å². The van der Waals surface area contributed by atoms with Gasteiger partial charge in [0.15, 0.2) is 17.5 Å². The second kappa shape index (κ2) is 9.16. The van der Waals surface area contributed by atoms with E-state index >= 15 is 0 Å². The number of nitrogens with two attached hydrogens (primary N) is 1. The zero-order valence-corrected chi connectivity index (χ0v) is 16.7. The van der Waals surface area contributed by atoms with Crippen LogP contribution in [0.4, 0.5) is 0 Å². The Kier molecular flexibility index (Phi) is 6.93. The monoisotopic (exact) mass is 371 g/mol. The topological polar surface area (TPSA) is 78.1 Å². The Balaban J connectivity index is 1.99. The number of hydrogen-bond acceptors (Lipinski definition) is 4. The van der Waals surface area contributed by atoms with Crippen molar-refractivity contribution in [3.8, 4) is 17.2 Å². The van der Waals surface area contributed by atoms with Crippen molar-refractivity contribution in [3.05, 3.63) is 53.6 Å². The van der Waals surface area contributed by atoms with Crippen molar-refractivity contribution in [1.29, 1.82) is 0 Å². The van der Waals surface area contributed by atoms with Crippen LogP contribution in [-0.4, -0.2) is 33.8 Å². The summed E-state index contributed by atoms with van der Waals surface area (Å²) >= 11 is 0. The van der Waals surface area contributed by atoms with Crippen molar-refractivity contribution >= 4 is 5.96 Å². The van der Waals surface area contributed by atoms with E-state index in [0.29, 0.717) is 30.5 Å². The van der Waals surface area contributed by atoms with E-state index in [4.69, 9.17) is 19.9 Å². The van der Waals surface area contributed by atoms with Gasteiger partial charge >= 0.3 is 0 Å². The molecule has 27 heavy (non-hydrogen) atoms. The van der Waals surface area contributed by atoms with E-state index in [1.54, 1.807) is 21.3 Å². The number of methoxy groups -OCH3 is 3. The molecule has 2 aromatic carbocycles. The Bertz CT molecular complexity index is 788. The van der Waals surface area contributed by atoms with Crippen LogP contribution >= 0.6 is 0 Å². The molecular formula is C21H29N3O3. The first kappa shape index (κ1) is 20.4. The van der Waals surface area contributed by atoms with Crippen LogP contribution in [0.5, 0.6) is 17.2 Å². The Morgan fingerprint density at radius 3 is 2.41 bits per heavy atom. The van der Waals surface area contributed by atoms with Crippen LogP contribution in [0.15, 0.2) is 47.5 Å². The largest absolute Gasteiger partial charge is 0.497 e. The third kappa shape index (κ3) is 5.54. The quantitative estimate of drug-likeness (QED) is 0.551. The molecule has 0 saturated carbocycles. The summed E-state index contributed by atoms with van der Waals surface area (Å²) in [7, 11) is 4.90. The number of benzene rings is 2. The van der Waals surface area contributed by atoms with Gasteiger partial charge < -0.3 is 25.3 Å². The van der Waals surface area contributed by atoms with Gasteiger partial charge in [-0.3, -0.25) is 0 Å². The number of nitrogens with zero attached hydrogens (tertiary/aromatic N) is 1. The van der Waals surface area contributed by atoms with Crippen LogP contribution < -0.4 is 25.3 Å². The average Bonchev–Trinajstić information content (AvgIpc) is 2.70. The highest BCUT2D eigenvalue weighted by molar-refractivity contribution is 5.78. The van der Waals surface area contributed by atoms with Crippen molar-refractivity contribution < 1.29 is 14.2 Å². The van der Waals surface area contributed by atoms with Gasteiger partial charge in [-0.25, -0.2) is 4.99 Å². The first-order valence-electron chi connectivity index (χ1n) is 8.79. The zero-order valence-electron chi connectivity index (χ0n) is 16.7. The summed E-state index contributed by atoms with van der Waals surface area (Å²) in [6.07, 6.45) is 0. The molecule has 0 atom stereocenters. The molecular weight excluding hydrogens is 342 g/mol. The average molecular weight is 371 g/mol. The standard InChI is InChI=1S/C21H29N3O3/c1-21(2,16-7-6-8-17(12-16)25-3)14-24-20(22)23-13-15-9-10-18(26-4)19(11-15)27-5/h6-12H,13-14H2,1-5H3,(H3,22,23,24). The van der Waals surface area contributed by atoms with Crippen molar-refractivity contribution in [2.45, 2.75) is 25.8 Å². The summed E-state index contributed by atoms with van der Waals surface area (Å²) in [5.74, 6) is 2.61. The summed E-state index contributed by atoms with van der Waals surface area (Å²) in [6, 6.07) is 13.8. The fourth-order valence-electron chi connectivity index (χ4n) is 2.67. The molecule has 2 aromatic rings. The molecule has 146 valence electrons. The van der Waals surface area contributed by atoms with Crippen LogP contribution in [0.3, 0.4) is 0 Å². The van der Waals surface area contributed by atoms with Gasteiger partial charge in [-0.05, 0) is 35.4 Å². The van der Waals surface area contributed by atoms with E-state index < -0.39 is 0 Å². The number of nitrogens with one attached hydrogen (secondary N) is 1. The molecule has 6 nitrogen and oxygen atoms in total. The summed E-state index contributed by atoms with van der Waals surface area (Å²) in [4.78, 5) is 4.42. The molecule has 0 spiro atoms. The summed E-state index contributed by atoms with van der Waals surface area (Å²) in [6.45, 7) is 5.41. The van der Waals surface area contributed by atoms with Crippen molar-refractivity contribution in [2.24, 2.45) is 10.7 Å². The van der Waals surface area contributed by atoms with Crippen LogP contribution in [0.25, 0.3) is 0 Å². The molecule has 0 aliphatic heterocycles. The lowest BCUT2D eigenvalue weighted by atomic mass is 9.84. The Morgan fingerprint density at radius 2 is 1.74 bits per heavy atom. The molecule has 3 N–H and O–H groups in total. The molecule has 0 bridgehead atoms. The second-order valence-corrected chi connectivity index (χ2v) is 6.86. The first-order valence-corrected chi connectivity index (χ1v) is 8.79. The minimum atomic E-state index is -0.127. The number of aliphatic imine (C=N–C) groups is 1. The molecule has 0 fully saturated rings. The summed E-state index contributed by atoms with van der Waals surface area (Å²) in [5.41, 5.74) is 8.08. The van der Waals surface area contributed by atoms with E-state index in [1.165, 1.54) is 5.56 Å². The summed E-state index contributed by atoms with van der Waals surface area (Å²) < 4.78 is 15.9. The van der Waals surface area contributed by atoms with Crippen molar-refractivity contribution in [2.75, 3.05) is 27.9 Å². The maximum absolute atomic E-state index is 6.05. The molecule has 0 heterocycles. The van der Waals surface area contributed by atoms with Gasteiger partial charge in [0.2, 0.25) is 0 Å². The van der Waals surface area contributed by atoms with E-state index in [1.807, 2.05) is 36.4 Å². The fourth-order valence-corrected chi connectivity index (χ4v) is 2.67. The highest BCUT2D eigenvalue weighted by Gasteiger charge is 2.21. The molecule has 0 aromatic heterocycles. The molecule has 0 amide bonds. The number of hydrogen-bond donors (Lipinski definition) is 2. The lowest BCUT2D eigenvalue weighted by molar-refractivity contribution is 0.354. The van der Waals surface area contributed by atoms with Crippen LogP contribution in [0.1, 0.15) is 25.0 Å². The smallest absolute Gasteiger partial charge is 0.188 e. The van der Waals surface area contributed by atoms with Crippen LogP contribution in [0.2, 0.25) is 0 Å².